The summed E-state index contributed by atoms with van der Waals surface area (Å²) in [5, 5.41) is 26.7. The number of carboxylic acid groups (broad SMARTS) is 2. The fourth-order valence-electron chi connectivity index (χ4n) is 7.65. The number of amides is 2. The number of aromatic nitrogens is 2. The van der Waals surface area contributed by atoms with Crippen LogP contribution in [0.5, 0.6) is 0 Å². The van der Waals surface area contributed by atoms with Crippen LogP contribution in [0.15, 0.2) is 45.6 Å². The second-order valence-electron chi connectivity index (χ2n) is 15.2. The molecule has 1 unspecified atom stereocenters. The number of aromatic amines is 2. The molecule has 3 aliphatic rings. The summed E-state index contributed by atoms with van der Waals surface area (Å²) in [6.45, 7) is 19.4. The summed E-state index contributed by atoms with van der Waals surface area (Å²) >= 11 is 0. The first-order chi connectivity index (χ1) is 25.4. The van der Waals surface area contributed by atoms with Crippen LogP contribution in [0.3, 0.4) is 0 Å². The molecule has 5 rings (SSSR count). The lowest BCUT2D eigenvalue weighted by Gasteiger charge is -2.20. The predicted octanol–water partition coefficient (Wildman–Crippen LogP) is 4.57. The van der Waals surface area contributed by atoms with Crippen molar-refractivity contribution >= 4 is 47.0 Å². The van der Waals surface area contributed by atoms with Crippen molar-refractivity contribution < 1.29 is 34.1 Å². The van der Waals surface area contributed by atoms with Gasteiger partial charge in [0.05, 0.1) is 34.8 Å². The van der Waals surface area contributed by atoms with Crippen molar-refractivity contribution in [3.8, 4) is 0 Å². The Kier molecular flexibility index (Phi) is 11.7. The number of aliphatic carboxylic acids is 1. The van der Waals surface area contributed by atoms with E-state index < -0.39 is 35.5 Å². The monoisotopic (exact) mass is 740 g/mol. The molecule has 0 saturated heterocycles. The van der Waals surface area contributed by atoms with Crippen molar-refractivity contribution in [2.45, 2.75) is 99.1 Å². The minimum absolute atomic E-state index is 0.00381. The Morgan fingerprint density at radius 1 is 1.06 bits per heavy atom. The van der Waals surface area contributed by atoms with E-state index in [1.807, 2.05) is 32.1 Å². The number of aliphatic imine (C=N–C) groups is 2. The van der Waals surface area contributed by atoms with E-state index in [9.17, 15) is 29.4 Å². The smallest absolute Gasteiger partial charge is 0.407 e. The molecular weight excluding hydrogens is 688 g/mol. The molecule has 8 bridgehead atoms. The van der Waals surface area contributed by atoms with Crippen molar-refractivity contribution in [1.82, 2.24) is 20.6 Å². The number of hydrogen-bond acceptors (Lipinski definition) is 7. The fourth-order valence-corrected chi connectivity index (χ4v) is 7.65. The zero-order valence-corrected chi connectivity index (χ0v) is 32.5. The molecule has 13 heteroatoms. The Bertz CT molecular complexity index is 2150. The molecule has 0 radical (unpaired) electrons. The van der Waals surface area contributed by atoms with Crippen LogP contribution >= 0.6 is 0 Å². The lowest BCUT2D eigenvalue weighted by atomic mass is 9.82. The van der Waals surface area contributed by atoms with Crippen LogP contribution in [0.1, 0.15) is 99.2 Å². The first-order valence-electron chi connectivity index (χ1n) is 18.5. The number of fused-ring (bicyclic) bond motifs is 6. The summed E-state index contributed by atoms with van der Waals surface area (Å²) in [6.07, 6.45) is 6.22. The first kappa shape index (κ1) is 39.7. The maximum absolute atomic E-state index is 13.7. The molecule has 54 heavy (non-hydrogen) atoms. The van der Waals surface area contributed by atoms with E-state index in [1.54, 1.807) is 27.7 Å². The van der Waals surface area contributed by atoms with Gasteiger partial charge < -0.3 is 35.6 Å². The quantitative estimate of drug-likeness (QED) is 0.181. The van der Waals surface area contributed by atoms with Crippen molar-refractivity contribution in [3.63, 3.8) is 0 Å². The number of carbonyl (C=O) groups is 4. The summed E-state index contributed by atoms with van der Waals surface area (Å²) in [5.74, 6) is -3.30. The Labute approximate surface area is 315 Å². The third-order valence-electron chi connectivity index (χ3n) is 10.4. The highest BCUT2D eigenvalue weighted by Crippen LogP contribution is 2.39. The van der Waals surface area contributed by atoms with Crippen molar-refractivity contribution in [2.24, 2.45) is 21.8 Å². The number of hydrogen-bond donors (Lipinski definition) is 6. The summed E-state index contributed by atoms with van der Waals surface area (Å²) < 4.78 is 5.28. The number of nitrogens with zero attached hydrogens (tertiary/aromatic N) is 2. The number of carboxylic acids is 2. The van der Waals surface area contributed by atoms with Gasteiger partial charge in [-0.25, -0.2) is 9.59 Å². The minimum atomic E-state index is -1.18. The summed E-state index contributed by atoms with van der Waals surface area (Å²) in [7, 11) is 0. The van der Waals surface area contributed by atoms with Crippen LogP contribution in [0.4, 0.5) is 4.79 Å². The van der Waals surface area contributed by atoms with E-state index in [0.717, 1.165) is 45.8 Å². The summed E-state index contributed by atoms with van der Waals surface area (Å²) in [5.41, 5.74) is 8.09. The van der Waals surface area contributed by atoms with Gasteiger partial charge >= 0.3 is 18.0 Å². The maximum atomic E-state index is 13.7. The van der Waals surface area contributed by atoms with Gasteiger partial charge in [0.25, 0.3) is 0 Å². The van der Waals surface area contributed by atoms with Gasteiger partial charge in [-0.15, -0.1) is 0 Å². The van der Waals surface area contributed by atoms with Crippen LogP contribution in [0.2, 0.25) is 0 Å². The molecule has 13 nitrogen and oxygen atoms in total. The molecule has 2 aromatic rings. The van der Waals surface area contributed by atoms with Crippen molar-refractivity contribution in [1.29, 1.82) is 0 Å². The number of aromatic carboxylic acids is 1. The number of alkyl carbamates (subject to hydrolysis) is 1. The largest absolute Gasteiger partial charge is 0.481 e. The highest BCUT2D eigenvalue weighted by Gasteiger charge is 2.37. The molecule has 288 valence electrons. The summed E-state index contributed by atoms with van der Waals surface area (Å²) in [4.78, 5) is 68.1. The molecule has 2 amide bonds. The highest BCUT2D eigenvalue weighted by molar-refractivity contribution is 6.25. The Morgan fingerprint density at radius 3 is 2.39 bits per heavy atom. The second-order valence-corrected chi connectivity index (χ2v) is 15.2. The van der Waals surface area contributed by atoms with E-state index in [1.165, 1.54) is 0 Å². The van der Waals surface area contributed by atoms with Gasteiger partial charge in [-0.05, 0) is 94.4 Å². The number of carbonyl (C=O) groups excluding carboxylic acids is 2. The van der Waals surface area contributed by atoms with E-state index in [-0.39, 0.29) is 55.2 Å². The van der Waals surface area contributed by atoms with E-state index >= 15 is 0 Å². The first-order valence-corrected chi connectivity index (χ1v) is 18.5. The van der Waals surface area contributed by atoms with Crippen LogP contribution in [-0.2, 0) is 27.2 Å². The molecule has 0 aliphatic carbocycles. The van der Waals surface area contributed by atoms with Gasteiger partial charge in [-0.1, -0.05) is 26.5 Å². The van der Waals surface area contributed by atoms with Gasteiger partial charge in [0.15, 0.2) is 0 Å². The van der Waals surface area contributed by atoms with Gasteiger partial charge in [-0.3, -0.25) is 19.6 Å². The topological polar surface area (TPSA) is 198 Å². The molecule has 0 fully saturated rings. The van der Waals surface area contributed by atoms with Gasteiger partial charge in [0, 0.05) is 65.8 Å². The molecule has 6 N–H and O–H groups in total. The predicted molar refractivity (Wildman–Crippen MR) is 208 cm³/mol. The average Bonchev–Trinajstić information content (AvgIpc) is 3.76. The Morgan fingerprint density at radius 2 is 1.76 bits per heavy atom. The zero-order valence-electron chi connectivity index (χ0n) is 32.5. The molecule has 5 heterocycles. The van der Waals surface area contributed by atoms with E-state index in [2.05, 4.69) is 41.0 Å². The van der Waals surface area contributed by atoms with Gasteiger partial charge in [-0.2, -0.15) is 0 Å². The molecule has 0 saturated carbocycles. The third-order valence-corrected chi connectivity index (χ3v) is 10.4. The van der Waals surface area contributed by atoms with Crippen molar-refractivity contribution in [2.75, 3.05) is 13.1 Å². The van der Waals surface area contributed by atoms with Crippen molar-refractivity contribution in [3.05, 3.63) is 79.9 Å². The number of H-pyrrole nitrogens is 2. The Balaban J connectivity index is 1.73. The van der Waals surface area contributed by atoms with Gasteiger partial charge in [0.1, 0.15) is 5.60 Å². The standard InChI is InChI=1S/C41H52N6O7/c1-10-24-20(3)28-17-30-22(5)26(12-13-35(49)50)37(46-30)27(16-34(48)42-14-15-43-40(53)54-41(7,8)9)38-36(39(51)52)23(6)31(47-38)19-33-25(11-2)21(4)29(45-33)18-32(24)44-28/h10,17,19,22,26,32,45,47H,1,11-16,18H2,2-9H3,(H,42,48)(H,43,53)(H,49,50)(H,51,52)/t22-,26-,32?/m0/s1. The normalized spacial score (nSPS) is 19.4. The SMILES string of the molecule is C=CC1=C(C)C2=NC1Cc1[nH]c(c(CC)c1C)C=c1[nH]c(c(C(=O)O)c1C)=C(CC(=O)NCCNC(=O)OC(C)(C)C)C1=NC(=C2)[C@@H](C)[C@@H]1CCC(=O)O. The zero-order chi connectivity index (χ0) is 39.6. The van der Waals surface area contributed by atoms with Crippen LogP contribution in [-0.4, -0.2) is 80.3 Å². The number of rotatable bonds is 11. The van der Waals surface area contributed by atoms with Crippen LogP contribution in [0.25, 0.3) is 11.6 Å². The number of ether oxygens (including phenoxy) is 1. The molecule has 0 aromatic carbocycles. The number of allylic oxidation sites excluding steroid dienone is 3. The van der Waals surface area contributed by atoms with Crippen LogP contribution in [0, 0.1) is 25.7 Å². The second kappa shape index (κ2) is 15.9. The van der Waals surface area contributed by atoms with E-state index in [4.69, 9.17) is 14.7 Å². The van der Waals surface area contributed by atoms with E-state index in [0.29, 0.717) is 34.3 Å². The number of nitrogens with one attached hydrogen (secondary N) is 4. The third kappa shape index (κ3) is 8.35. The lowest BCUT2D eigenvalue weighted by molar-refractivity contribution is -0.137. The molecule has 2 aromatic heterocycles. The summed E-state index contributed by atoms with van der Waals surface area (Å²) in [6, 6.07) is -0.187. The Hall–Kier alpha value is -5.46. The highest BCUT2D eigenvalue weighted by atomic mass is 16.6. The lowest BCUT2D eigenvalue weighted by Crippen LogP contribution is -2.38. The molecular formula is C41H52N6O7. The van der Waals surface area contributed by atoms with Gasteiger partial charge in [0.2, 0.25) is 5.91 Å². The molecule has 0 spiro atoms. The fraction of sp³-hybridized carbons (Fsp3) is 0.463. The minimum Gasteiger partial charge on any atom is -0.481 e. The molecule has 3 aliphatic heterocycles. The molecule has 3 atom stereocenters. The van der Waals surface area contributed by atoms with Crippen LogP contribution < -0.4 is 21.3 Å². The average molecular weight is 741 g/mol. The maximum Gasteiger partial charge on any atom is 0.407 e.